The molecule has 0 aromatic heterocycles. The molecule has 0 aliphatic heterocycles. The van der Waals surface area contributed by atoms with Crippen LogP contribution in [0.3, 0.4) is 0 Å². The van der Waals surface area contributed by atoms with Gasteiger partial charge in [-0.25, -0.2) is 0 Å². The summed E-state index contributed by atoms with van der Waals surface area (Å²) in [6.07, 6.45) is 4.02. The van der Waals surface area contributed by atoms with E-state index in [1.54, 1.807) is 0 Å². The van der Waals surface area contributed by atoms with Gasteiger partial charge in [-0.3, -0.25) is 4.79 Å². The largest absolute Gasteiger partial charge is 0.465 e. The van der Waals surface area contributed by atoms with Crippen LogP contribution in [0, 0.1) is 5.92 Å². The highest BCUT2D eigenvalue weighted by Crippen LogP contribution is 2.15. The molecule has 0 saturated carbocycles. The predicted molar refractivity (Wildman–Crippen MR) is 66.6 cm³/mol. The summed E-state index contributed by atoms with van der Waals surface area (Å²) in [5, 5.41) is 18.4. The van der Waals surface area contributed by atoms with Crippen LogP contribution in [0.2, 0.25) is 0 Å². The van der Waals surface area contributed by atoms with Crippen LogP contribution in [0.5, 0.6) is 0 Å². The Bertz CT molecular complexity index is 213. The van der Waals surface area contributed by atoms with Crippen molar-refractivity contribution in [1.29, 1.82) is 0 Å². The molecule has 0 saturated heterocycles. The number of esters is 1. The van der Waals surface area contributed by atoms with Gasteiger partial charge in [0.2, 0.25) is 0 Å². The van der Waals surface area contributed by atoms with E-state index in [1.165, 1.54) is 6.92 Å². The molecule has 0 heterocycles. The molecule has 0 aliphatic rings. The van der Waals surface area contributed by atoms with E-state index in [1.807, 2.05) is 6.92 Å². The molecule has 0 radical (unpaired) electrons. The fraction of sp³-hybridized carbons (Fsp3) is 0.923. The van der Waals surface area contributed by atoms with Crippen LogP contribution in [0.1, 0.15) is 52.9 Å². The molecule has 0 bridgehead atoms. The Morgan fingerprint density at radius 1 is 1.41 bits per heavy atom. The average molecular weight is 246 g/mol. The summed E-state index contributed by atoms with van der Waals surface area (Å²) in [5.41, 5.74) is -1.16. The van der Waals surface area contributed by atoms with Gasteiger partial charge in [0.05, 0.1) is 24.7 Å². The molecule has 0 amide bonds. The summed E-state index contributed by atoms with van der Waals surface area (Å²) in [6, 6.07) is 0. The third kappa shape index (κ3) is 7.34. The Kier molecular flexibility index (Phi) is 8.17. The van der Waals surface area contributed by atoms with Crippen molar-refractivity contribution in [3.8, 4) is 0 Å². The minimum absolute atomic E-state index is 0.0333. The summed E-state index contributed by atoms with van der Waals surface area (Å²) in [4.78, 5) is 11.7. The maximum absolute atomic E-state index is 11.7. The zero-order valence-corrected chi connectivity index (χ0v) is 11.2. The van der Waals surface area contributed by atoms with Crippen molar-refractivity contribution in [2.24, 2.45) is 5.92 Å². The molecular weight excluding hydrogens is 220 g/mol. The Labute approximate surface area is 104 Å². The van der Waals surface area contributed by atoms with Crippen molar-refractivity contribution in [3.63, 3.8) is 0 Å². The molecule has 0 aromatic carbocycles. The van der Waals surface area contributed by atoms with E-state index in [-0.39, 0.29) is 31.5 Å². The molecule has 17 heavy (non-hydrogen) atoms. The lowest BCUT2D eigenvalue weighted by Gasteiger charge is -2.20. The summed E-state index contributed by atoms with van der Waals surface area (Å²) in [7, 11) is 0. The first kappa shape index (κ1) is 16.4. The molecule has 2 N–H and O–H groups in total. The second-order valence-corrected chi connectivity index (χ2v) is 4.82. The van der Waals surface area contributed by atoms with Crippen LogP contribution in [0.15, 0.2) is 0 Å². The minimum Gasteiger partial charge on any atom is -0.465 e. The highest BCUT2D eigenvalue weighted by Gasteiger charge is 2.21. The topological polar surface area (TPSA) is 66.8 Å². The van der Waals surface area contributed by atoms with Crippen molar-refractivity contribution in [3.05, 3.63) is 0 Å². The van der Waals surface area contributed by atoms with E-state index in [2.05, 4.69) is 6.92 Å². The predicted octanol–water partition coefficient (Wildman–Crippen LogP) is 1.88. The van der Waals surface area contributed by atoms with Gasteiger partial charge < -0.3 is 14.9 Å². The van der Waals surface area contributed by atoms with Gasteiger partial charge in [-0.05, 0) is 19.8 Å². The number of aliphatic hydroxyl groups is 2. The molecule has 0 aliphatic carbocycles. The van der Waals surface area contributed by atoms with Crippen LogP contribution < -0.4 is 0 Å². The number of ether oxygens (including phenoxy) is 1. The van der Waals surface area contributed by atoms with E-state index >= 15 is 0 Å². The van der Waals surface area contributed by atoms with Gasteiger partial charge in [-0.15, -0.1) is 0 Å². The third-order valence-corrected chi connectivity index (χ3v) is 2.96. The highest BCUT2D eigenvalue weighted by atomic mass is 16.5. The number of hydrogen-bond acceptors (Lipinski definition) is 4. The number of hydrogen-bond donors (Lipinski definition) is 2. The minimum atomic E-state index is -1.16. The van der Waals surface area contributed by atoms with Gasteiger partial charge in [0.15, 0.2) is 0 Å². The van der Waals surface area contributed by atoms with Gasteiger partial charge in [-0.1, -0.05) is 26.7 Å². The fourth-order valence-corrected chi connectivity index (χ4v) is 1.51. The van der Waals surface area contributed by atoms with Crippen molar-refractivity contribution >= 4 is 5.97 Å². The quantitative estimate of drug-likeness (QED) is 0.610. The van der Waals surface area contributed by atoms with E-state index in [0.717, 1.165) is 25.7 Å². The van der Waals surface area contributed by atoms with Crippen LogP contribution in [0.25, 0.3) is 0 Å². The number of rotatable bonds is 9. The molecule has 102 valence electrons. The fourth-order valence-electron chi connectivity index (χ4n) is 1.51. The average Bonchev–Trinajstić information content (AvgIpc) is 2.30. The van der Waals surface area contributed by atoms with Gasteiger partial charge in [-0.2, -0.15) is 0 Å². The first-order chi connectivity index (χ1) is 7.96. The lowest BCUT2D eigenvalue weighted by atomic mass is 9.99. The highest BCUT2D eigenvalue weighted by molar-refractivity contribution is 5.72. The van der Waals surface area contributed by atoms with E-state index < -0.39 is 5.60 Å². The number of carbonyl (C=O) groups excluding carboxylic acids is 1. The van der Waals surface area contributed by atoms with Gasteiger partial charge in [0.1, 0.15) is 0 Å². The second kappa shape index (κ2) is 8.48. The van der Waals surface area contributed by atoms with Gasteiger partial charge >= 0.3 is 5.97 Å². The van der Waals surface area contributed by atoms with Crippen LogP contribution in [-0.4, -0.2) is 35.0 Å². The van der Waals surface area contributed by atoms with Crippen LogP contribution in [-0.2, 0) is 9.53 Å². The van der Waals surface area contributed by atoms with E-state index in [0.29, 0.717) is 0 Å². The molecule has 0 rings (SSSR count). The van der Waals surface area contributed by atoms with Gasteiger partial charge in [0.25, 0.3) is 0 Å². The monoisotopic (exact) mass is 246 g/mol. The maximum atomic E-state index is 11.7. The molecule has 0 spiro atoms. The van der Waals surface area contributed by atoms with Crippen molar-refractivity contribution < 1.29 is 19.7 Å². The van der Waals surface area contributed by atoms with Crippen LogP contribution in [0.4, 0.5) is 0 Å². The second-order valence-electron chi connectivity index (χ2n) is 4.82. The number of unbranched alkanes of at least 4 members (excludes halogenated alkanes) is 1. The maximum Gasteiger partial charge on any atom is 0.308 e. The molecule has 4 nitrogen and oxygen atoms in total. The molecule has 2 unspecified atom stereocenters. The lowest BCUT2D eigenvalue weighted by Crippen LogP contribution is -2.31. The Morgan fingerprint density at radius 2 is 2.06 bits per heavy atom. The molecule has 4 heteroatoms. The van der Waals surface area contributed by atoms with Crippen molar-refractivity contribution in [2.75, 3.05) is 13.2 Å². The Morgan fingerprint density at radius 3 is 2.53 bits per heavy atom. The standard InChI is InChI=1S/C13H26O4/c1-4-6-7-11(5-2)12(15)17-9-8-13(3,16)10-14/h11,14,16H,4-10H2,1-3H3. The van der Waals surface area contributed by atoms with E-state index in [4.69, 9.17) is 9.84 Å². The van der Waals surface area contributed by atoms with E-state index in [9.17, 15) is 9.90 Å². The number of carbonyl (C=O) groups is 1. The summed E-state index contributed by atoms with van der Waals surface area (Å²) >= 11 is 0. The summed E-state index contributed by atoms with van der Waals surface area (Å²) in [5.74, 6) is -0.219. The molecule has 2 atom stereocenters. The molecule has 0 fully saturated rings. The lowest BCUT2D eigenvalue weighted by molar-refractivity contribution is -0.150. The molecule has 0 aromatic rings. The first-order valence-corrected chi connectivity index (χ1v) is 6.46. The third-order valence-electron chi connectivity index (χ3n) is 2.96. The van der Waals surface area contributed by atoms with Crippen molar-refractivity contribution in [1.82, 2.24) is 0 Å². The first-order valence-electron chi connectivity index (χ1n) is 6.46. The summed E-state index contributed by atoms with van der Waals surface area (Å²) < 4.78 is 5.12. The smallest absolute Gasteiger partial charge is 0.308 e. The van der Waals surface area contributed by atoms with Gasteiger partial charge in [0, 0.05) is 6.42 Å². The zero-order valence-electron chi connectivity index (χ0n) is 11.2. The Balaban J connectivity index is 3.90. The zero-order chi connectivity index (χ0) is 13.3. The van der Waals surface area contributed by atoms with Crippen molar-refractivity contribution in [2.45, 2.75) is 58.5 Å². The normalized spacial score (nSPS) is 16.3. The number of aliphatic hydroxyl groups excluding tert-OH is 1. The molecular formula is C13H26O4. The summed E-state index contributed by atoms with van der Waals surface area (Å²) in [6.45, 7) is 5.43. The SMILES string of the molecule is CCCCC(CC)C(=O)OCCC(C)(O)CO. The van der Waals surface area contributed by atoms with Crippen LogP contribution >= 0.6 is 0 Å². The Hall–Kier alpha value is -0.610.